The van der Waals surface area contributed by atoms with Crippen molar-refractivity contribution in [2.45, 2.75) is 62.6 Å². The van der Waals surface area contributed by atoms with Crippen LogP contribution in [-0.2, 0) is 52.7 Å². The molecule has 2 rings (SSSR count). The van der Waals surface area contributed by atoms with Gasteiger partial charge in [-0.05, 0) is 12.1 Å². The summed E-state index contributed by atoms with van der Waals surface area (Å²) in [5, 5.41) is -0.402. The Labute approximate surface area is 184 Å². The molecular weight excluding hydrogens is 450 g/mol. The Morgan fingerprint density at radius 1 is 0.875 bits per heavy atom. The summed E-state index contributed by atoms with van der Waals surface area (Å²) >= 11 is 0. The number of ether oxygens (including phenoxy) is 5. The molecule has 0 amide bonds. The zero-order valence-corrected chi connectivity index (χ0v) is 18.6. The molecule has 1 aromatic heterocycles. The Kier molecular flexibility index (Phi) is 8.27. The lowest BCUT2D eigenvalue weighted by atomic mass is 9.99. The summed E-state index contributed by atoms with van der Waals surface area (Å²) in [6.45, 7) is 3.68. The quantitative estimate of drug-likeness (QED) is 0.384. The summed E-state index contributed by atoms with van der Waals surface area (Å²) in [5.74, 6) is -3.31. The van der Waals surface area contributed by atoms with E-state index in [1.807, 2.05) is 0 Å². The predicted molar refractivity (Wildman–Crippen MR) is 103 cm³/mol. The van der Waals surface area contributed by atoms with Crippen LogP contribution in [0.15, 0.2) is 29.4 Å². The van der Waals surface area contributed by atoms with Crippen LogP contribution >= 0.6 is 0 Å². The zero-order valence-electron chi connectivity index (χ0n) is 17.7. The second kappa shape index (κ2) is 10.5. The maximum absolute atomic E-state index is 13.3. The van der Waals surface area contributed by atoms with Crippen molar-refractivity contribution in [3.63, 3.8) is 0 Å². The second-order valence-electron chi connectivity index (χ2n) is 6.78. The molecule has 12 nitrogen and oxygen atoms in total. The van der Waals surface area contributed by atoms with E-state index in [1.54, 1.807) is 0 Å². The molecule has 5 atom stereocenters. The van der Waals surface area contributed by atoms with Crippen LogP contribution in [-0.4, -0.2) is 73.7 Å². The lowest BCUT2D eigenvalue weighted by Crippen LogP contribution is -2.64. The van der Waals surface area contributed by atoms with Gasteiger partial charge < -0.3 is 23.7 Å². The van der Waals surface area contributed by atoms with Gasteiger partial charge in [-0.2, -0.15) is 0 Å². The van der Waals surface area contributed by atoms with Crippen LogP contribution in [0.25, 0.3) is 0 Å². The highest BCUT2D eigenvalue weighted by atomic mass is 32.2. The molecule has 0 spiro atoms. The number of pyridine rings is 1. The predicted octanol–water partition coefficient (Wildman–Crippen LogP) is -0.0616. The summed E-state index contributed by atoms with van der Waals surface area (Å²) in [6, 6.07) is 4.11. The fourth-order valence-electron chi connectivity index (χ4n) is 3.07. The van der Waals surface area contributed by atoms with E-state index in [0.29, 0.717) is 0 Å². The Morgan fingerprint density at radius 2 is 1.44 bits per heavy atom. The van der Waals surface area contributed by atoms with E-state index in [4.69, 9.17) is 23.7 Å². The van der Waals surface area contributed by atoms with E-state index in [0.717, 1.165) is 27.7 Å². The molecule has 1 aromatic rings. The van der Waals surface area contributed by atoms with Crippen LogP contribution in [0.1, 0.15) is 27.7 Å². The van der Waals surface area contributed by atoms with Crippen molar-refractivity contribution in [3.8, 4) is 0 Å². The molecule has 2 heterocycles. The van der Waals surface area contributed by atoms with Gasteiger partial charge in [0, 0.05) is 33.9 Å². The summed E-state index contributed by atoms with van der Waals surface area (Å²) in [5.41, 5.74) is -1.92. The minimum atomic E-state index is -4.43. The molecule has 13 heteroatoms. The maximum Gasteiger partial charge on any atom is 0.303 e. The summed E-state index contributed by atoms with van der Waals surface area (Å²) in [6.07, 6.45) is -4.89. The number of rotatable bonds is 7. The third-order valence-electron chi connectivity index (χ3n) is 4.18. The van der Waals surface area contributed by atoms with Crippen molar-refractivity contribution >= 4 is 33.7 Å². The van der Waals surface area contributed by atoms with E-state index >= 15 is 0 Å². The number of aromatic nitrogens is 1. The maximum atomic E-state index is 13.3. The molecule has 0 N–H and O–H groups in total. The van der Waals surface area contributed by atoms with E-state index in [1.165, 1.54) is 24.4 Å². The van der Waals surface area contributed by atoms with Gasteiger partial charge in [0.15, 0.2) is 23.3 Å². The number of carbonyl (C=O) groups excluding carboxylic acids is 4. The number of nitrogens with zero attached hydrogens (tertiary/aromatic N) is 1. The van der Waals surface area contributed by atoms with Gasteiger partial charge in [0.1, 0.15) is 12.7 Å². The third kappa shape index (κ3) is 6.23. The number of esters is 4. The highest BCUT2D eigenvalue weighted by Crippen LogP contribution is 2.33. The second-order valence-corrected chi connectivity index (χ2v) is 8.75. The normalized spacial score (nSPS) is 25.3. The molecule has 0 aliphatic carbocycles. The number of carbonyl (C=O) groups is 4. The number of hydrogen-bond donors (Lipinski definition) is 0. The van der Waals surface area contributed by atoms with Crippen molar-refractivity contribution in [1.29, 1.82) is 0 Å². The smallest absolute Gasteiger partial charge is 0.303 e. The minimum absolute atomic E-state index is 0.402. The van der Waals surface area contributed by atoms with E-state index in [-0.39, 0.29) is 0 Å². The van der Waals surface area contributed by atoms with Crippen LogP contribution < -0.4 is 0 Å². The lowest BCUT2D eigenvalue weighted by Gasteiger charge is -2.43. The topological polar surface area (TPSA) is 161 Å². The standard InChI is InChI=1S/C19H23NO11S/c1-10(21)27-9-14-16(28-11(2)22)17(29-12(3)23)18(30-13(4)24)19(31-14)32(25,26)15-7-5-6-8-20-15/h5-8,14,16-19H,9H2,1-4H3/t14-,16-,17+,18-,19+/m1/s1. The fraction of sp³-hybridized carbons (Fsp3) is 0.526. The van der Waals surface area contributed by atoms with Gasteiger partial charge in [0.05, 0.1) is 0 Å². The molecule has 1 fully saturated rings. The van der Waals surface area contributed by atoms with E-state index < -0.39 is 75.2 Å². The molecule has 0 unspecified atom stereocenters. The van der Waals surface area contributed by atoms with Gasteiger partial charge in [-0.15, -0.1) is 0 Å². The zero-order chi connectivity index (χ0) is 24.1. The number of sulfone groups is 1. The summed E-state index contributed by atoms with van der Waals surface area (Å²) in [7, 11) is -4.43. The van der Waals surface area contributed by atoms with Crippen molar-refractivity contribution in [3.05, 3.63) is 24.4 Å². The molecule has 1 aliphatic rings. The first-order valence-corrected chi connectivity index (χ1v) is 10.9. The molecule has 32 heavy (non-hydrogen) atoms. The third-order valence-corrected chi connectivity index (χ3v) is 6.00. The minimum Gasteiger partial charge on any atom is -0.463 e. The molecule has 1 aliphatic heterocycles. The molecule has 0 bridgehead atoms. The lowest BCUT2D eigenvalue weighted by molar-refractivity contribution is -0.238. The molecule has 176 valence electrons. The fourth-order valence-corrected chi connectivity index (χ4v) is 4.64. The molecular formula is C19H23NO11S. The van der Waals surface area contributed by atoms with Crippen LogP contribution in [0.4, 0.5) is 0 Å². The SMILES string of the molecule is CC(=O)OC[C@H]1O[C@@H](S(=O)(=O)c2ccccn2)[C@H](OC(C)=O)[C@@H](OC(C)=O)[C@@H]1OC(C)=O. The van der Waals surface area contributed by atoms with Gasteiger partial charge in [0.25, 0.3) is 0 Å². The summed E-state index contributed by atoms with van der Waals surface area (Å²) < 4.78 is 52.7. The molecule has 1 saturated heterocycles. The van der Waals surface area contributed by atoms with Gasteiger partial charge in [-0.1, -0.05) is 6.07 Å². The van der Waals surface area contributed by atoms with Gasteiger partial charge in [-0.3, -0.25) is 19.2 Å². The van der Waals surface area contributed by atoms with Crippen LogP contribution in [0.3, 0.4) is 0 Å². The molecule has 0 aromatic carbocycles. The largest absolute Gasteiger partial charge is 0.463 e. The monoisotopic (exact) mass is 473 g/mol. The average Bonchev–Trinajstić information content (AvgIpc) is 2.69. The van der Waals surface area contributed by atoms with E-state index in [9.17, 15) is 27.6 Å². The van der Waals surface area contributed by atoms with Crippen molar-refractivity contribution in [2.24, 2.45) is 0 Å². The Hall–Kier alpha value is -3.06. The van der Waals surface area contributed by atoms with Crippen LogP contribution in [0.5, 0.6) is 0 Å². The van der Waals surface area contributed by atoms with Gasteiger partial charge in [-0.25, -0.2) is 13.4 Å². The van der Waals surface area contributed by atoms with Crippen molar-refractivity contribution in [1.82, 2.24) is 4.98 Å². The molecule has 0 saturated carbocycles. The summed E-state index contributed by atoms with van der Waals surface area (Å²) in [4.78, 5) is 50.4. The van der Waals surface area contributed by atoms with E-state index in [2.05, 4.69) is 4.98 Å². The first-order chi connectivity index (χ1) is 14.9. The van der Waals surface area contributed by atoms with Crippen LogP contribution in [0, 0.1) is 0 Å². The van der Waals surface area contributed by atoms with Gasteiger partial charge in [0.2, 0.25) is 15.3 Å². The van der Waals surface area contributed by atoms with Crippen molar-refractivity contribution in [2.75, 3.05) is 6.61 Å². The van der Waals surface area contributed by atoms with Gasteiger partial charge >= 0.3 is 23.9 Å². The van der Waals surface area contributed by atoms with Crippen LogP contribution in [0.2, 0.25) is 0 Å². The Balaban J connectivity index is 2.61. The first kappa shape index (κ1) is 25.2. The first-order valence-electron chi connectivity index (χ1n) is 9.39. The highest BCUT2D eigenvalue weighted by molar-refractivity contribution is 7.91. The average molecular weight is 473 g/mol. The van der Waals surface area contributed by atoms with Crippen molar-refractivity contribution < 1.29 is 51.3 Å². The Bertz CT molecular complexity index is 963. The Morgan fingerprint density at radius 3 is 1.94 bits per heavy atom. The number of hydrogen-bond acceptors (Lipinski definition) is 12. The molecule has 0 radical (unpaired) electrons. The highest BCUT2D eigenvalue weighted by Gasteiger charge is 2.56.